The van der Waals surface area contributed by atoms with Gasteiger partial charge in [-0.15, -0.1) is 0 Å². The Morgan fingerprint density at radius 2 is 1.67 bits per heavy atom. The molecule has 0 aromatic heterocycles. The van der Waals surface area contributed by atoms with Crippen LogP contribution in [-0.2, 0) is 20.8 Å². The maximum absolute atomic E-state index is 12.3. The number of benzene rings is 1. The highest BCUT2D eigenvalue weighted by Gasteiger charge is 2.22. The Kier molecular flexibility index (Phi) is 4.80. The Morgan fingerprint density at radius 3 is 2.14 bits per heavy atom. The van der Waals surface area contributed by atoms with Crippen LogP contribution in [0.2, 0.25) is 0 Å². The van der Waals surface area contributed by atoms with Crippen LogP contribution in [0.4, 0.5) is 0 Å². The second-order valence-electron chi connectivity index (χ2n) is 4.95. The Balaban J connectivity index is 2.16. The van der Waals surface area contributed by atoms with Crippen LogP contribution in [0.25, 0.3) is 0 Å². The highest BCUT2D eigenvalue weighted by molar-refractivity contribution is 7.89. The molecule has 1 aliphatic heterocycles. The van der Waals surface area contributed by atoms with Crippen molar-refractivity contribution in [2.45, 2.75) is 4.90 Å². The van der Waals surface area contributed by atoms with Gasteiger partial charge in [0.2, 0.25) is 10.0 Å². The van der Waals surface area contributed by atoms with Gasteiger partial charge in [-0.25, -0.2) is 12.7 Å². The molecule has 116 valence electrons. The Labute approximate surface area is 127 Å². The zero-order valence-corrected chi connectivity index (χ0v) is 13.6. The fourth-order valence-corrected chi connectivity index (χ4v) is 3.96. The summed E-state index contributed by atoms with van der Waals surface area (Å²) in [5.41, 5.74) is 0.445. The molecule has 0 unspecified atom stereocenters. The molecule has 0 saturated carbocycles. The van der Waals surface area contributed by atoms with Gasteiger partial charge >= 0.3 is 0 Å². The minimum absolute atomic E-state index is 0.152. The molecule has 21 heavy (non-hydrogen) atoms. The van der Waals surface area contributed by atoms with E-state index in [1.807, 2.05) is 0 Å². The molecule has 0 spiro atoms. The third kappa shape index (κ3) is 3.50. The van der Waals surface area contributed by atoms with Gasteiger partial charge in [0, 0.05) is 55.1 Å². The molecule has 1 aromatic rings. The van der Waals surface area contributed by atoms with Crippen LogP contribution in [0.5, 0.6) is 0 Å². The third-order valence-corrected chi connectivity index (χ3v) is 6.45. The highest BCUT2D eigenvalue weighted by atomic mass is 32.2. The van der Waals surface area contributed by atoms with E-state index in [1.165, 1.54) is 38.4 Å². The molecule has 1 saturated heterocycles. The lowest BCUT2D eigenvalue weighted by Gasteiger charge is -2.26. The summed E-state index contributed by atoms with van der Waals surface area (Å²) in [6, 6.07) is 5.91. The molecule has 2 rings (SSSR count). The van der Waals surface area contributed by atoms with Crippen molar-refractivity contribution in [3.63, 3.8) is 0 Å². The molecule has 0 bridgehead atoms. The monoisotopic (exact) mass is 330 g/mol. The number of carbonyl (C=O) groups is 1. The molecule has 0 N–H and O–H groups in total. The summed E-state index contributed by atoms with van der Waals surface area (Å²) >= 11 is 0. The van der Waals surface area contributed by atoms with Crippen molar-refractivity contribution in [1.29, 1.82) is 0 Å². The number of carbonyl (C=O) groups excluding carboxylic acids is 1. The molecule has 0 atom stereocenters. The van der Waals surface area contributed by atoms with Gasteiger partial charge in [0.1, 0.15) is 0 Å². The molecule has 1 fully saturated rings. The van der Waals surface area contributed by atoms with Gasteiger partial charge in [0.25, 0.3) is 5.91 Å². The molecule has 1 aromatic carbocycles. The van der Waals surface area contributed by atoms with Gasteiger partial charge in [-0.1, -0.05) is 0 Å². The second kappa shape index (κ2) is 6.25. The first-order valence-electron chi connectivity index (χ1n) is 6.49. The first-order valence-corrected chi connectivity index (χ1v) is 9.42. The van der Waals surface area contributed by atoms with Crippen molar-refractivity contribution in [3.05, 3.63) is 29.8 Å². The SMILES string of the molecule is CN(C)S(=O)(=O)c1ccc(C(=O)N2CCS(=O)CC2)cc1. The van der Waals surface area contributed by atoms with Crippen LogP contribution in [0.15, 0.2) is 29.2 Å². The van der Waals surface area contributed by atoms with Crippen LogP contribution in [0.3, 0.4) is 0 Å². The largest absolute Gasteiger partial charge is 0.337 e. The second-order valence-corrected chi connectivity index (χ2v) is 8.80. The zero-order chi connectivity index (χ0) is 15.6. The summed E-state index contributed by atoms with van der Waals surface area (Å²) in [5, 5.41) is 0. The van der Waals surface area contributed by atoms with Crippen molar-refractivity contribution in [1.82, 2.24) is 9.21 Å². The van der Waals surface area contributed by atoms with Crippen LogP contribution in [-0.4, -0.2) is 66.4 Å². The van der Waals surface area contributed by atoms with Crippen LogP contribution < -0.4 is 0 Å². The minimum Gasteiger partial charge on any atom is -0.337 e. The smallest absolute Gasteiger partial charge is 0.253 e. The van der Waals surface area contributed by atoms with E-state index >= 15 is 0 Å². The zero-order valence-electron chi connectivity index (χ0n) is 12.0. The maximum atomic E-state index is 12.3. The quantitative estimate of drug-likeness (QED) is 0.790. The predicted octanol–water partition coefficient (Wildman–Crippen LogP) is 0.141. The highest BCUT2D eigenvalue weighted by Crippen LogP contribution is 2.15. The maximum Gasteiger partial charge on any atom is 0.253 e. The van der Waals surface area contributed by atoms with E-state index < -0.39 is 20.8 Å². The fourth-order valence-electron chi connectivity index (χ4n) is 2.00. The van der Waals surface area contributed by atoms with E-state index in [9.17, 15) is 17.4 Å². The Bertz CT molecular complexity index is 643. The summed E-state index contributed by atoms with van der Waals surface area (Å²) in [4.78, 5) is 14.1. The first kappa shape index (κ1) is 16.1. The van der Waals surface area contributed by atoms with Gasteiger partial charge in [0.05, 0.1) is 4.90 Å². The predicted molar refractivity (Wildman–Crippen MR) is 81.1 cm³/mol. The molecule has 0 aliphatic carbocycles. The lowest BCUT2D eigenvalue weighted by atomic mass is 10.2. The summed E-state index contributed by atoms with van der Waals surface area (Å²) in [5.74, 6) is 0.845. The summed E-state index contributed by atoms with van der Waals surface area (Å²) < 4.78 is 36.3. The number of sulfonamides is 1. The van der Waals surface area contributed by atoms with E-state index in [0.29, 0.717) is 30.2 Å². The van der Waals surface area contributed by atoms with E-state index in [4.69, 9.17) is 0 Å². The first-order chi connectivity index (χ1) is 9.82. The van der Waals surface area contributed by atoms with Crippen LogP contribution >= 0.6 is 0 Å². The molecule has 8 heteroatoms. The number of nitrogens with zero attached hydrogens (tertiary/aromatic N) is 2. The van der Waals surface area contributed by atoms with E-state index in [2.05, 4.69) is 0 Å². The fraction of sp³-hybridized carbons (Fsp3) is 0.462. The van der Waals surface area contributed by atoms with Crippen LogP contribution in [0.1, 0.15) is 10.4 Å². The summed E-state index contributed by atoms with van der Waals surface area (Å²) in [7, 11) is -1.40. The average Bonchev–Trinajstić information content (AvgIpc) is 2.47. The number of rotatable bonds is 3. The Hall–Kier alpha value is -1.25. The molecule has 1 amide bonds. The van der Waals surface area contributed by atoms with Crippen molar-refractivity contribution < 1.29 is 17.4 Å². The van der Waals surface area contributed by atoms with Gasteiger partial charge < -0.3 is 4.90 Å². The minimum atomic E-state index is -3.48. The lowest BCUT2D eigenvalue weighted by molar-refractivity contribution is 0.0771. The lowest BCUT2D eigenvalue weighted by Crippen LogP contribution is -2.41. The normalized spacial score (nSPS) is 17.2. The summed E-state index contributed by atoms with van der Waals surface area (Å²) in [6.07, 6.45) is 0. The standard InChI is InChI=1S/C13H18N2O4S2/c1-14(2)21(18,19)12-5-3-11(4-6-12)13(16)15-7-9-20(17)10-8-15/h3-6H,7-10H2,1-2H3. The molecule has 1 aliphatic rings. The van der Waals surface area contributed by atoms with Crippen molar-refractivity contribution in [2.24, 2.45) is 0 Å². The van der Waals surface area contributed by atoms with E-state index in [-0.39, 0.29) is 10.8 Å². The van der Waals surface area contributed by atoms with E-state index in [0.717, 1.165) is 4.31 Å². The molecule has 1 heterocycles. The van der Waals surface area contributed by atoms with Crippen LogP contribution in [0, 0.1) is 0 Å². The summed E-state index contributed by atoms with van der Waals surface area (Å²) in [6.45, 7) is 0.951. The number of hydrogen-bond donors (Lipinski definition) is 0. The third-order valence-electron chi connectivity index (χ3n) is 3.34. The number of amides is 1. The van der Waals surface area contributed by atoms with Gasteiger partial charge in [0.15, 0.2) is 0 Å². The van der Waals surface area contributed by atoms with Gasteiger partial charge in [-0.2, -0.15) is 0 Å². The van der Waals surface area contributed by atoms with E-state index in [1.54, 1.807) is 4.90 Å². The molecule has 0 radical (unpaired) electrons. The number of hydrogen-bond acceptors (Lipinski definition) is 4. The van der Waals surface area contributed by atoms with Crippen molar-refractivity contribution in [2.75, 3.05) is 38.7 Å². The Morgan fingerprint density at radius 1 is 1.14 bits per heavy atom. The topological polar surface area (TPSA) is 74.8 Å². The van der Waals surface area contributed by atoms with Crippen molar-refractivity contribution >= 4 is 26.7 Å². The average molecular weight is 330 g/mol. The molecule has 6 nitrogen and oxygen atoms in total. The molecular weight excluding hydrogens is 312 g/mol. The molecular formula is C13H18N2O4S2. The van der Waals surface area contributed by atoms with Crippen molar-refractivity contribution in [3.8, 4) is 0 Å². The van der Waals surface area contributed by atoms with Gasteiger partial charge in [-0.3, -0.25) is 9.00 Å². The van der Waals surface area contributed by atoms with Gasteiger partial charge in [-0.05, 0) is 24.3 Å².